The minimum absolute atomic E-state index is 0.0179. The Bertz CT molecular complexity index is 1140. The van der Waals surface area contributed by atoms with Crippen molar-refractivity contribution >= 4 is 33.4 Å². The standard InChI is InChI=1S/C19H17F4N5O2S/c1-9(10-4-11(20)7-24-6-10)25-18-26-13-5-14(19(21,22)23)31-16(13)15(27-18)17(30)28-3-2-12(29)8-28/h4-7,9,12,29H,2-3,8H2,1H3,(H,25,26,27)/t9-,12+/m0/s1. The summed E-state index contributed by atoms with van der Waals surface area (Å²) >= 11 is 0.397. The van der Waals surface area contributed by atoms with E-state index in [1.165, 1.54) is 17.2 Å². The van der Waals surface area contributed by atoms with E-state index < -0.39 is 34.9 Å². The van der Waals surface area contributed by atoms with Crippen molar-refractivity contribution in [3.05, 3.63) is 46.5 Å². The van der Waals surface area contributed by atoms with Gasteiger partial charge in [-0.15, -0.1) is 11.3 Å². The molecule has 0 aromatic carbocycles. The molecule has 1 amide bonds. The smallest absolute Gasteiger partial charge is 0.391 e. The molecule has 164 valence electrons. The van der Waals surface area contributed by atoms with Crippen LogP contribution in [0.1, 0.15) is 40.3 Å². The van der Waals surface area contributed by atoms with Crippen LogP contribution in [0.3, 0.4) is 0 Å². The highest BCUT2D eigenvalue weighted by Crippen LogP contribution is 2.39. The van der Waals surface area contributed by atoms with Crippen molar-refractivity contribution in [3.63, 3.8) is 0 Å². The number of nitrogens with one attached hydrogen (secondary N) is 1. The van der Waals surface area contributed by atoms with E-state index in [1.807, 2.05) is 0 Å². The van der Waals surface area contributed by atoms with Crippen molar-refractivity contribution in [2.24, 2.45) is 0 Å². The van der Waals surface area contributed by atoms with Crippen LogP contribution in [0, 0.1) is 5.82 Å². The molecule has 4 heterocycles. The highest BCUT2D eigenvalue weighted by molar-refractivity contribution is 7.19. The number of carbonyl (C=O) groups is 1. The van der Waals surface area contributed by atoms with Gasteiger partial charge >= 0.3 is 6.18 Å². The molecule has 0 radical (unpaired) electrons. The number of fused-ring (bicyclic) bond motifs is 1. The number of β-amino-alcohol motifs (C(OH)–C–C–N with tert-alkyl or cyclic N) is 1. The van der Waals surface area contributed by atoms with Crippen molar-refractivity contribution in [1.29, 1.82) is 0 Å². The van der Waals surface area contributed by atoms with E-state index in [1.54, 1.807) is 6.92 Å². The van der Waals surface area contributed by atoms with Crippen LogP contribution < -0.4 is 5.32 Å². The Morgan fingerprint density at radius 1 is 1.32 bits per heavy atom. The molecule has 0 aliphatic carbocycles. The second-order valence-corrected chi connectivity index (χ2v) is 8.27. The van der Waals surface area contributed by atoms with E-state index in [0.29, 0.717) is 23.3 Å². The van der Waals surface area contributed by atoms with Gasteiger partial charge in [-0.2, -0.15) is 13.2 Å². The van der Waals surface area contributed by atoms with Gasteiger partial charge in [-0.3, -0.25) is 9.78 Å². The Balaban J connectivity index is 1.74. The Hall–Kier alpha value is -2.86. The molecular weight excluding hydrogens is 438 g/mol. The molecule has 0 bridgehead atoms. The molecule has 1 fully saturated rings. The number of hydrogen-bond donors (Lipinski definition) is 2. The highest BCUT2D eigenvalue weighted by atomic mass is 32.1. The quantitative estimate of drug-likeness (QED) is 0.584. The average Bonchev–Trinajstić information content (AvgIpc) is 3.33. The molecule has 1 aliphatic heterocycles. The molecule has 2 N–H and O–H groups in total. The molecule has 2 atom stereocenters. The first-order valence-electron chi connectivity index (χ1n) is 9.35. The molecule has 3 aromatic heterocycles. The molecule has 31 heavy (non-hydrogen) atoms. The number of likely N-dealkylation sites (tertiary alicyclic amines) is 1. The zero-order valence-electron chi connectivity index (χ0n) is 16.1. The fraction of sp³-hybridized carbons (Fsp3) is 0.368. The number of halogens is 4. The number of hydrogen-bond acceptors (Lipinski definition) is 7. The maximum Gasteiger partial charge on any atom is 0.425 e. The van der Waals surface area contributed by atoms with Gasteiger partial charge in [-0.25, -0.2) is 14.4 Å². The Labute approximate surface area is 177 Å². The minimum Gasteiger partial charge on any atom is -0.391 e. The maximum absolute atomic E-state index is 13.5. The lowest BCUT2D eigenvalue weighted by molar-refractivity contribution is -0.134. The Morgan fingerprint density at radius 2 is 2.10 bits per heavy atom. The summed E-state index contributed by atoms with van der Waals surface area (Å²) in [6.07, 6.45) is -2.42. The normalized spacial score (nSPS) is 17.9. The van der Waals surface area contributed by atoms with Gasteiger partial charge in [0.05, 0.1) is 28.6 Å². The second-order valence-electron chi connectivity index (χ2n) is 7.21. The van der Waals surface area contributed by atoms with Crippen LogP contribution in [-0.4, -0.2) is 50.1 Å². The van der Waals surface area contributed by atoms with Gasteiger partial charge in [0.1, 0.15) is 10.7 Å². The lowest BCUT2D eigenvalue weighted by Crippen LogP contribution is -2.30. The molecule has 7 nitrogen and oxygen atoms in total. The molecule has 0 unspecified atom stereocenters. The zero-order chi connectivity index (χ0) is 22.3. The number of aliphatic hydroxyl groups is 1. The zero-order valence-corrected chi connectivity index (χ0v) is 17.0. The van der Waals surface area contributed by atoms with Gasteiger partial charge in [0.25, 0.3) is 5.91 Å². The largest absolute Gasteiger partial charge is 0.425 e. The van der Waals surface area contributed by atoms with Gasteiger partial charge in [0.15, 0.2) is 5.69 Å². The van der Waals surface area contributed by atoms with Gasteiger partial charge in [-0.1, -0.05) is 0 Å². The molecule has 0 saturated carbocycles. The lowest BCUT2D eigenvalue weighted by Gasteiger charge is -2.17. The number of nitrogens with zero attached hydrogens (tertiary/aromatic N) is 4. The monoisotopic (exact) mass is 455 g/mol. The SMILES string of the molecule is C[C@H](Nc1nc(C(=O)N2CC[C@@H](O)C2)c2sc(C(F)(F)F)cc2n1)c1cncc(F)c1. The van der Waals surface area contributed by atoms with Crippen molar-refractivity contribution in [2.75, 3.05) is 18.4 Å². The van der Waals surface area contributed by atoms with Crippen molar-refractivity contribution in [1.82, 2.24) is 19.9 Å². The minimum atomic E-state index is -4.59. The third-order valence-corrected chi connectivity index (χ3v) is 6.05. The number of anilines is 1. The van der Waals surface area contributed by atoms with Crippen LogP contribution in [0.5, 0.6) is 0 Å². The summed E-state index contributed by atoms with van der Waals surface area (Å²) in [4.78, 5) is 25.5. The van der Waals surface area contributed by atoms with Crippen LogP contribution in [0.15, 0.2) is 24.5 Å². The van der Waals surface area contributed by atoms with Crippen molar-refractivity contribution in [3.8, 4) is 0 Å². The summed E-state index contributed by atoms with van der Waals surface area (Å²) < 4.78 is 53.3. The van der Waals surface area contributed by atoms with E-state index >= 15 is 0 Å². The Kier molecular flexibility index (Phi) is 5.52. The lowest BCUT2D eigenvalue weighted by atomic mass is 10.1. The topological polar surface area (TPSA) is 91.2 Å². The van der Waals surface area contributed by atoms with Crippen molar-refractivity contribution < 1.29 is 27.5 Å². The summed E-state index contributed by atoms with van der Waals surface area (Å²) in [6, 6.07) is 1.60. The Morgan fingerprint density at radius 3 is 2.74 bits per heavy atom. The summed E-state index contributed by atoms with van der Waals surface area (Å²) in [5, 5.41) is 12.6. The number of thiophene rings is 1. The van der Waals surface area contributed by atoms with Crippen LogP contribution in [0.25, 0.3) is 10.2 Å². The van der Waals surface area contributed by atoms with E-state index in [0.717, 1.165) is 12.3 Å². The number of pyridine rings is 1. The first kappa shape index (κ1) is 21.4. The number of alkyl halides is 3. The van der Waals surface area contributed by atoms with Gasteiger partial charge < -0.3 is 15.3 Å². The summed E-state index contributed by atoms with van der Waals surface area (Å²) in [6.45, 7) is 2.03. The molecule has 0 spiro atoms. The van der Waals surface area contributed by atoms with Crippen molar-refractivity contribution in [2.45, 2.75) is 31.7 Å². The van der Waals surface area contributed by atoms with Gasteiger partial charge in [0, 0.05) is 19.3 Å². The number of carbonyl (C=O) groups excluding carboxylic acids is 1. The van der Waals surface area contributed by atoms with E-state index in [-0.39, 0.29) is 34.9 Å². The third kappa shape index (κ3) is 4.44. The average molecular weight is 455 g/mol. The summed E-state index contributed by atoms with van der Waals surface area (Å²) in [5.74, 6) is -1.19. The fourth-order valence-corrected chi connectivity index (χ4v) is 4.24. The highest BCUT2D eigenvalue weighted by Gasteiger charge is 2.35. The van der Waals surface area contributed by atoms with Crippen LogP contribution in [0.4, 0.5) is 23.5 Å². The first-order chi connectivity index (χ1) is 14.6. The molecule has 1 aliphatic rings. The predicted octanol–water partition coefficient (Wildman–Crippen LogP) is 3.62. The maximum atomic E-state index is 13.5. The van der Waals surface area contributed by atoms with Crippen LogP contribution in [0.2, 0.25) is 0 Å². The van der Waals surface area contributed by atoms with Gasteiger partial charge in [-0.05, 0) is 31.0 Å². The number of aliphatic hydroxyl groups excluding tert-OH is 1. The predicted molar refractivity (Wildman–Crippen MR) is 105 cm³/mol. The molecule has 1 saturated heterocycles. The molecule has 4 rings (SSSR count). The van der Waals surface area contributed by atoms with E-state index in [2.05, 4.69) is 20.3 Å². The number of aromatic nitrogens is 3. The first-order valence-corrected chi connectivity index (χ1v) is 10.2. The van der Waals surface area contributed by atoms with Crippen LogP contribution >= 0.6 is 11.3 Å². The third-order valence-electron chi connectivity index (χ3n) is 4.88. The van der Waals surface area contributed by atoms with Gasteiger partial charge in [0.2, 0.25) is 5.95 Å². The second kappa shape index (κ2) is 8.00. The molecule has 3 aromatic rings. The summed E-state index contributed by atoms with van der Waals surface area (Å²) in [5.41, 5.74) is 0.273. The van der Waals surface area contributed by atoms with Crippen LogP contribution in [-0.2, 0) is 6.18 Å². The van der Waals surface area contributed by atoms with E-state index in [9.17, 15) is 27.5 Å². The number of amides is 1. The summed E-state index contributed by atoms with van der Waals surface area (Å²) in [7, 11) is 0. The fourth-order valence-electron chi connectivity index (χ4n) is 3.30. The molecule has 12 heteroatoms. The molecular formula is C19H17F4N5O2S. The number of rotatable bonds is 4. The van der Waals surface area contributed by atoms with E-state index in [4.69, 9.17) is 0 Å².